The van der Waals surface area contributed by atoms with Crippen molar-refractivity contribution in [3.63, 3.8) is 0 Å². The van der Waals surface area contributed by atoms with Gasteiger partial charge in [-0.15, -0.1) is 0 Å². The van der Waals surface area contributed by atoms with Gasteiger partial charge in [0.2, 0.25) is 0 Å². The Morgan fingerprint density at radius 2 is 2.00 bits per heavy atom. The van der Waals surface area contributed by atoms with Crippen molar-refractivity contribution in [2.24, 2.45) is 5.73 Å². The van der Waals surface area contributed by atoms with Crippen molar-refractivity contribution in [1.29, 1.82) is 0 Å². The minimum absolute atomic E-state index is 0.0136. The lowest BCUT2D eigenvalue weighted by Gasteiger charge is -2.13. The van der Waals surface area contributed by atoms with Crippen LogP contribution in [0.25, 0.3) is 22.0 Å². The number of fused-ring (bicyclic) bond motifs is 1. The molecule has 0 saturated carbocycles. The molecule has 134 valence electrons. The van der Waals surface area contributed by atoms with Gasteiger partial charge in [-0.2, -0.15) is 0 Å². The van der Waals surface area contributed by atoms with Crippen LogP contribution in [-0.4, -0.2) is 15.6 Å². The predicted molar refractivity (Wildman–Crippen MR) is 97.3 cm³/mol. The second-order valence-corrected chi connectivity index (χ2v) is 6.15. The van der Waals surface area contributed by atoms with Gasteiger partial charge in [0, 0.05) is 29.3 Å². The van der Waals surface area contributed by atoms with Crippen LogP contribution in [0.5, 0.6) is 5.75 Å². The van der Waals surface area contributed by atoms with Crippen LogP contribution in [0, 0.1) is 5.82 Å². The van der Waals surface area contributed by atoms with E-state index in [1.807, 2.05) is 0 Å². The summed E-state index contributed by atoms with van der Waals surface area (Å²) in [6.45, 7) is 2.17. The zero-order valence-electron chi connectivity index (χ0n) is 13.4. The number of hydrogen-bond donors (Lipinski definition) is 1. The van der Waals surface area contributed by atoms with Crippen LogP contribution in [0.1, 0.15) is 6.92 Å². The van der Waals surface area contributed by atoms with E-state index in [1.165, 1.54) is 10.8 Å². The van der Waals surface area contributed by atoms with E-state index in [0.717, 1.165) is 12.1 Å². The Balaban J connectivity index is 2.32. The Morgan fingerprint density at radius 3 is 2.65 bits per heavy atom. The van der Waals surface area contributed by atoms with E-state index < -0.39 is 17.7 Å². The fraction of sp³-hybridized carbons (Fsp3) is 0.118. The number of primary amides is 1. The number of aromatic nitrogens is 2. The molecule has 9 heteroatoms. The van der Waals surface area contributed by atoms with Crippen LogP contribution in [0.4, 0.5) is 9.18 Å². The average Bonchev–Trinajstić information content (AvgIpc) is 2.57. The molecule has 2 N–H and O–H groups in total. The fourth-order valence-electron chi connectivity index (χ4n) is 2.68. The molecular weight excluding hydrogens is 384 g/mol. The highest BCUT2D eigenvalue weighted by atomic mass is 35.5. The lowest BCUT2D eigenvalue weighted by atomic mass is 10.0. The van der Waals surface area contributed by atoms with Crippen molar-refractivity contribution in [1.82, 2.24) is 9.55 Å². The van der Waals surface area contributed by atoms with Gasteiger partial charge in [-0.25, -0.2) is 14.2 Å². The minimum atomic E-state index is -1.18. The van der Waals surface area contributed by atoms with Gasteiger partial charge in [0.15, 0.2) is 11.6 Å². The highest BCUT2D eigenvalue weighted by Crippen LogP contribution is 2.33. The van der Waals surface area contributed by atoms with Gasteiger partial charge in [0.05, 0.1) is 10.5 Å². The van der Waals surface area contributed by atoms with Gasteiger partial charge in [-0.1, -0.05) is 23.2 Å². The molecule has 0 aliphatic rings. The maximum atomic E-state index is 13.9. The third-order valence-electron chi connectivity index (χ3n) is 3.78. The first-order chi connectivity index (χ1) is 12.3. The second-order valence-electron chi connectivity index (χ2n) is 5.36. The number of carbonyl (C=O) groups excluding carboxylic acids is 1. The van der Waals surface area contributed by atoms with Crippen LogP contribution in [0.15, 0.2) is 35.3 Å². The first kappa shape index (κ1) is 18.2. The molecule has 0 unspecified atom stereocenters. The maximum absolute atomic E-state index is 13.9. The van der Waals surface area contributed by atoms with Crippen molar-refractivity contribution >= 4 is 40.2 Å². The van der Waals surface area contributed by atoms with Crippen molar-refractivity contribution in [2.75, 3.05) is 0 Å². The van der Waals surface area contributed by atoms with E-state index in [9.17, 15) is 14.0 Å². The quantitative estimate of drug-likeness (QED) is 0.679. The molecule has 26 heavy (non-hydrogen) atoms. The van der Waals surface area contributed by atoms with Crippen LogP contribution >= 0.6 is 23.2 Å². The SMILES string of the molecule is CCn1c(=O)c(-c2cc(OC(N)=O)c(F)cc2Cl)cc2cnc(Cl)cc21. The number of nitrogens with two attached hydrogens (primary N) is 1. The van der Waals surface area contributed by atoms with E-state index in [-0.39, 0.29) is 26.9 Å². The summed E-state index contributed by atoms with van der Waals surface area (Å²) in [7, 11) is 0. The number of carbonyl (C=O) groups is 1. The number of nitrogens with zero attached hydrogens (tertiary/aromatic N) is 2. The van der Waals surface area contributed by atoms with Gasteiger partial charge >= 0.3 is 6.09 Å². The molecule has 2 aromatic heterocycles. The summed E-state index contributed by atoms with van der Waals surface area (Å²) in [6, 6.07) is 5.27. The predicted octanol–water partition coefficient (Wildman–Crippen LogP) is 3.99. The van der Waals surface area contributed by atoms with E-state index in [4.69, 9.17) is 28.9 Å². The van der Waals surface area contributed by atoms with Crippen molar-refractivity contribution < 1.29 is 13.9 Å². The van der Waals surface area contributed by atoms with Crippen molar-refractivity contribution in [3.05, 3.63) is 56.8 Å². The molecule has 0 aliphatic carbocycles. The minimum Gasteiger partial charge on any atom is -0.407 e. The number of ether oxygens (including phenoxy) is 1. The molecule has 0 aliphatic heterocycles. The number of aryl methyl sites for hydroxylation is 1. The molecule has 6 nitrogen and oxygen atoms in total. The Kier molecular flexibility index (Phi) is 4.84. The Labute approximate surface area is 156 Å². The summed E-state index contributed by atoms with van der Waals surface area (Å²) >= 11 is 12.0. The summed E-state index contributed by atoms with van der Waals surface area (Å²) in [5.41, 5.74) is 5.58. The zero-order chi connectivity index (χ0) is 19.0. The number of halogens is 3. The average molecular weight is 396 g/mol. The van der Waals surface area contributed by atoms with Crippen LogP contribution in [0.3, 0.4) is 0 Å². The summed E-state index contributed by atoms with van der Waals surface area (Å²) in [6.07, 6.45) is 0.339. The molecule has 0 saturated heterocycles. The van der Waals surface area contributed by atoms with Gasteiger partial charge < -0.3 is 15.0 Å². The molecule has 1 aromatic carbocycles. The van der Waals surface area contributed by atoms with Crippen LogP contribution < -0.4 is 16.0 Å². The number of benzene rings is 1. The molecule has 3 rings (SSSR count). The van der Waals surface area contributed by atoms with Gasteiger partial charge in [0.1, 0.15) is 5.15 Å². The topological polar surface area (TPSA) is 87.2 Å². The zero-order valence-corrected chi connectivity index (χ0v) is 14.9. The number of rotatable bonds is 3. The normalized spacial score (nSPS) is 10.9. The largest absolute Gasteiger partial charge is 0.410 e. The van der Waals surface area contributed by atoms with Crippen LogP contribution in [-0.2, 0) is 6.54 Å². The van der Waals surface area contributed by atoms with E-state index >= 15 is 0 Å². The number of hydrogen-bond acceptors (Lipinski definition) is 4. The van der Waals surface area contributed by atoms with E-state index in [0.29, 0.717) is 17.4 Å². The van der Waals surface area contributed by atoms with E-state index in [2.05, 4.69) is 9.72 Å². The fourth-order valence-corrected chi connectivity index (χ4v) is 3.08. The molecule has 0 atom stereocenters. The Hall–Kier alpha value is -2.64. The molecule has 1 amide bonds. The molecular formula is C17H12Cl2FN3O3. The first-order valence-corrected chi connectivity index (χ1v) is 8.23. The third kappa shape index (κ3) is 3.23. The highest BCUT2D eigenvalue weighted by Gasteiger charge is 2.18. The van der Waals surface area contributed by atoms with Crippen molar-refractivity contribution in [3.8, 4) is 16.9 Å². The summed E-state index contributed by atoms with van der Waals surface area (Å²) in [5, 5.41) is 0.882. The van der Waals surface area contributed by atoms with Gasteiger partial charge in [-0.05, 0) is 31.2 Å². The number of pyridine rings is 2. The maximum Gasteiger partial charge on any atom is 0.410 e. The van der Waals surface area contributed by atoms with Gasteiger partial charge in [0.25, 0.3) is 5.56 Å². The van der Waals surface area contributed by atoms with Gasteiger partial charge in [-0.3, -0.25) is 4.79 Å². The summed E-state index contributed by atoms with van der Waals surface area (Å²) in [5.74, 6) is -1.30. The summed E-state index contributed by atoms with van der Waals surface area (Å²) < 4.78 is 20.0. The molecule has 2 heterocycles. The second kappa shape index (κ2) is 6.93. The first-order valence-electron chi connectivity index (χ1n) is 7.47. The lowest BCUT2D eigenvalue weighted by Crippen LogP contribution is -2.22. The summed E-state index contributed by atoms with van der Waals surface area (Å²) in [4.78, 5) is 27.9. The van der Waals surface area contributed by atoms with Crippen LogP contribution in [0.2, 0.25) is 10.2 Å². The smallest absolute Gasteiger partial charge is 0.407 e. The highest BCUT2D eigenvalue weighted by molar-refractivity contribution is 6.33. The Bertz CT molecular complexity index is 1100. The molecule has 0 fully saturated rings. The standard InChI is InChI=1S/C17H12Cl2FN3O3/c1-2-23-13-6-15(19)22-7-8(13)3-10(16(23)24)9-4-14(26-17(21)25)12(20)5-11(9)18/h3-7H,2H2,1H3,(H2,21,25). The molecule has 0 spiro atoms. The monoisotopic (exact) mass is 395 g/mol. The molecule has 0 radical (unpaired) electrons. The van der Waals surface area contributed by atoms with E-state index in [1.54, 1.807) is 19.1 Å². The van der Waals surface area contributed by atoms with Crippen molar-refractivity contribution in [2.45, 2.75) is 13.5 Å². The Morgan fingerprint density at radius 1 is 1.27 bits per heavy atom. The molecule has 0 bridgehead atoms. The third-order valence-corrected chi connectivity index (χ3v) is 4.30. The number of amides is 1. The lowest BCUT2D eigenvalue weighted by molar-refractivity contribution is 0.209. The molecule has 3 aromatic rings.